The second kappa shape index (κ2) is 4.18. The molecule has 1 rings (SSSR count). The number of pyridine rings is 1. The van der Waals surface area contributed by atoms with E-state index in [0.29, 0.717) is 11.4 Å². The van der Waals surface area contributed by atoms with E-state index in [1.165, 1.54) is 0 Å². The Morgan fingerprint density at radius 3 is 2.53 bits per heavy atom. The predicted molar refractivity (Wildman–Crippen MR) is 61.3 cm³/mol. The van der Waals surface area contributed by atoms with Crippen LogP contribution in [0.4, 0.5) is 5.69 Å². The monoisotopic (exact) mass is 228 g/mol. The highest BCUT2D eigenvalue weighted by molar-refractivity contribution is 7.90. The first-order valence-electron chi connectivity index (χ1n) is 4.78. The summed E-state index contributed by atoms with van der Waals surface area (Å²) < 4.78 is 22.9. The van der Waals surface area contributed by atoms with E-state index in [2.05, 4.69) is 4.98 Å². The Balaban J connectivity index is 3.13. The van der Waals surface area contributed by atoms with Crippen LogP contribution < -0.4 is 5.73 Å². The molecule has 0 fully saturated rings. The highest BCUT2D eigenvalue weighted by atomic mass is 32.2. The lowest BCUT2D eigenvalue weighted by molar-refractivity contribution is 0.595. The lowest BCUT2D eigenvalue weighted by Crippen LogP contribution is -2.10. The average molecular weight is 228 g/mol. The van der Waals surface area contributed by atoms with Crippen molar-refractivity contribution in [2.24, 2.45) is 0 Å². The molecule has 15 heavy (non-hydrogen) atoms. The summed E-state index contributed by atoms with van der Waals surface area (Å²) >= 11 is 0. The summed E-state index contributed by atoms with van der Waals surface area (Å²) in [5.41, 5.74) is 8.64. The van der Waals surface area contributed by atoms with Gasteiger partial charge in [0.15, 0.2) is 9.84 Å². The minimum Gasteiger partial charge on any atom is -0.398 e. The number of anilines is 1. The third-order valence-electron chi connectivity index (χ3n) is 2.47. The number of sulfone groups is 1. The van der Waals surface area contributed by atoms with Gasteiger partial charge in [0.1, 0.15) is 0 Å². The van der Waals surface area contributed by atoms with E-state index in [0.717, 1.165) is 11.1 Å². The zero-order valence-corrected chi connectivity index (χ0v) is 10.1. The topological polar surface area (TPSA) is 73.0 Å². The van der Waals surface area contributed by atoms with Crippen molar-refractivity contribution in [1.82, 2.24) is 4.98 Å². The van der Waals surface area contributed by atoms with Gasteiger partial charge in [-0.1, -0.05) is 6.92 Å². The summed E-state index contributed by atoms with van der Waals surface area (Å²) in [5.74, 6) is 0.0989. The first-order valence-corrected chi connectivity index (χ1v) is 6.60. The summed E-state index contributed by atoms with van der Waals surface area (Å²) in [6.45, 7) is 5.28. The van der Waals surface area contributed by atoms with Gasteiger partial charge in [-0.15, -0.1) is 0 Å². The zero-order valence-electron chi connectivity index (χ0n) is 9.24. The quantitative estimate of drug-likeness (QED) is 0.844. The number of aryl methyl sites for hydroxylation is 1. The summed E-state index contributed by atoms with van der Waals surface area (Å²) in [4.78, 5) is 4.11. The largest absolute Gasteiger partial charge is 0.398 e. The fourth-order valence-corrected chi connectivity index (χ4v) is 2.16. The molecule has 0 saturated heterocycles. The van der Waals surface area contributed by atoms with E-state index < -0.39 is 9.84 Å². The van der Waals surface area contributed by atoms with Gasteiger partial charge in [0.05, 0.1) is 11.4 Å². The maximum atomic E-state index is 11.4. The molecule has 0 radical (unpaired) electrons. The highest BCUT2D eigenvalue weighted by Gasteiger charge is 2.14. The van der Waals surface area contributed by atoms with E-state index in [-0.39, 0.29) is 11.5 Å². The van der Waals surface area contributed by atoms with Crippen molar-refractivity contribution in [2.75, 3.05) is 11.5 Å². The highest BCUT2D eigenvalue weighted by Crippen LogP contribution is 2.19. The molecule has 0 aliphatic rings. The van der Waals surface area contributed by atoms with Crippen LogP contribution in [-0.2, 0) is 15.6 Å². The number of hydrogen-bond acceptors (Lipinski definition) is 4. The van der Waals surface area contributed by atoms with Crippen molar-refractivity contribution in [3.05, 3.63) is 23.0 Å². The van der Waals surface area contributed by atoms with Crippen LogP contribution in [0.5, 0.6) is 0 Å². The molecule has 84 valence electrons. The molecular weight excluding hydrogens is 212 g/mol. The van der Waals surface area contributed by atoms with E-state index in [9.17, 15) is 8.42 Å². The Bertz CT molecular complexity index is 467. The summed E-state index contributed by atoms with van der Waals surface area (Å²) in [6, 6.07) is 0. The smallest absolute Gasteiger partial charge is 0.155 e. The van der Waals surface area contributed by atoms with Gasteiger partial charge in [-0.3, -0.25) is 4.98 Å². The second-order valence-electron chi connectivity index (χ2n) is 3.60. The van der Waals surface area contributed by atoms with Crippen LogP contribution in [0, 0.1) is 13.8 Å². The molecule has 0 atom stereocenters. The molecule has 1 aromatic heterocycles. The van der Waals surface area contributed by atoms with Crippen molar-refractivity contribution in [1.29, 1.82) is 0 Å². The molecular formula is C10H16N2O2S. The summed E-state index contributed by atoms with van der Waals surface area (Å²) in [7, 11) is -3.04. The Labute approximate surface area is 90.4 Å². The zero-order chi connectivity index (χ0) is 11.6. The molecule has 0 spiro atoms. The third-order valence-corrected chi connectivity index (χ3v) is 4.07. The minimum atomic E-state index is -3.04. The number of nitrogens with zero attached hydrogens (tertiary/aromatic N) is 1. The van der Waals surface area contributed by atoms with E-state index >= 15 is 0 Å². The maximum Gasteiger partial charge on any atom is 0.155 e. The second-order valence-corrected chi connectivity index (χ2v) is 5.96. The summed E-state index contributed by atoms with van der Waals surface area (Å²) in [6.07, 6.45) is 1.61. The van der Waals surface area contributed by atoms with Crippen molar-refractivity contribution >= 4 is 15.5 Å². The van der Waals surface area contributed by atoms with E-state index in [4.69, 9.17) is 5.73 Å². The summed E-state index contributed by atoms with van der Waals surface area (Å²) in [5, 5.41) is 0. The number of rotatable bonds is 3. The van der Waals surface area contributed by atoms with Gasteiger partial charge in [0.25, 0.3) is 0 Å². The molecule has 1 aromatic rings. The SMILES string of the molecule is CCS(=O)(=O)Cc1ncc(C)c(N)c1C. The van der Waals surface area contributed by atoms with Crippen LogP contribution in [0.1, 0.15) is 23.7 Å². The van der Waals surface area contributed by atoms with E-state index in [1.807, 2.05) is 6.92 Å². The Morgan fingerprint density at radius 2 is 2.00 bits per heavy atom. The van der Waals surface area contributed by atoms with E-state index in [1.54, 1.807) is 20.0 Å². The van der Waals surface area contributed by atoms with Crippen LogP contribution in [0.25, 0.3) is 0 Å². The molecule has 0 bridgehead atoms. The Kier molecular flexibility index (Phi) is 3.34. The molecule has 4 nitrogen and oxygen atoms in total. The molecule has 0 amide bonds. The van der Waals surface area contributed by atoms with Crippen LogP contribution >= 0.6 is 0 Å². The molecule has 0 saturated carbocycles. The molecule has 1 heterocycles. The molecule has 0 aliphatic carbocycles. The van der Waals surface area contributed by atoms with Gasteiger partial charge in [0, 0.05) is 17.6 Å². The van der Waals surface area contributed by atoms with Gasteiger partial charge in [-0.2, -0.15) is 0 Å². The molecule has 0 aliphatic heterocycles. The van der Waals surface area contributed by atoms with Gasteiger partial charge >= 0.3 is 0 Å². The van der Waals surface area contributed by atoms with Crippen molar-refractivity contribution < 1.29 is 8.42 Å². The van der Waals surface area contributed by atoms with Gasteiger partial charge in [-0.05, 0) is 25.0 Å². The van der Waals surface area contributed by atoms with Crippen molar-refractivity contribution in [2.45, 2.75) is 26.5 Å². The lowest BCUT2D eigenvalue weighted by Gasteiger charge is -2.09. The lowest BCUT2D eigenvalue weighted by atomic mass is 10.1. The normalized spacial score (nSPS) is 11.7. The predicted octanol–water partition coefficient (Wildman–Crippen LogP) is 1.22. The number of hydrogen-bond donors (Lipinski definition) is 1. The van der Waals surface area contributed by atoms with Crippen molar-refractivity contribution in [3.8, 4) is 0 Å². The fraction of sp³-hybridized carbons (Fsp3) is 0.500. The van der Waals surface area contributed by atoms with Crippen LogP contribution in [0.15, 0.2) is 6.20 Å². The number of aromatic nitrogens is 1. The van der Waals surface area contributed by atoms with Crippen LogP contribution in [-0.4, -0.2) is 19.2 Å². The van der Waals surface area contributed by atoms with Gasteiger partial charge in [0.2, 0.25) is 0 Å². The first-order chi connectivity index (χ1) is 6.87. The molecule has 2 N–H and O–H groups in total. The fourth-order valence-electron chi connectivity index (χ4n) is 1.25. The van der Waals surface area contributed by atoms with Crippen LogP contribution in [0.3, 0.4) is 0 Å². The first kappa shape index (κ1) is 12.0. The third kappa shape index (κ3) is 2.68. The van der Waals surface area contributed by atoms with Crippen molar-refractivity contribution in [3.63, 3.8) is 0 Å². The maximum absolute atomic E-state index is 11.4. The standard InChI is InChI=1S/C10H16N2O2S/c1-4-15(13,14)6-9-8(3)10(11)7(2)5-12-9/h5H,4,6H2,1-3H3,(H2,11,12). The van der Waals surface area contributed by atoms with Crippen LogP contribution in [0.2, 0.25) is 0 Å². The van der Waals surface area contributed by atoms with Gasteiger partial charge in [-0.25, -0.2) is 8.42 Å². The number of nitrogens with two attached hydrogens (primary N) is 1. The Hall–Kier alpha value is -1.10. The molecule has 5 heteroatoms. The number of nitrogen functional groups attached to an aromatic ring is 1. The minimum absolute atomic E-state index is 0.0280. The molecule has 0 aromatic carbocycles. The average Bonchev–Trinajstić information content (AvgIpc) is 2.19. The van der Waals surface area contributed by atoms with Gasteiger partial charge < -0.3 is 5.73 Å². The Morgan fingerprint density at radius 1 is 1.40 bits per heavy atom. The molecule has 0 unspecified atom stereocenters.